The number of hydrogen-bond acceptors (Lipinski definition) is 7. The molecule has 13 nitrogen and oxygen atoms in total. The molecule has 5 N–H and O–H groups in total. The molecule has 0 spiro atoms. The van der Waals surface area contributed by atoms with E-state index in [-0.39, 0.29) is 31.8 Å². The van der Waals surface area contributed by atoms with E-state index in [1.807, 2.05) is 30.3 Å². The summed E-state index contributed by atoms with van der Waals surface area (Å²) in [5, 5.41) is 14.4. The molecule has 0 aliphatic carbocycles. The lowest BCUT2D eigenvalue weighted by atomic mass is 10.0. The van der Waals surface area contributed by atoms with Crippen molar-refractivity contribution >= 4 is 46.4 Å². The molecule has 13 heteroatoms. The van der Waals surface area contributed by atoms with Gasteiger partial charge >= 0.3 is 0 Å². The maximum atomic E-state index is 13.6. The second kappa shape index (κ2) is 16.1. The molecule has 2 aromatic carbocycles. The van der Waals surface area contributed by atoms with Crippen molar-refractivity contribution in [2.24, 2.45) is 5.92 Å². The average molecular weight is 661 g/mol. The third-order valence-corrected chi connectivity index (χ3v) is 8.17. The van der Waals surface area contributed by atoms with Gasteiger partial charge in [0.25, 0.3) is 5.91 Å². The Balaban J connectivity index is 1.55. The molecule has 256 valence electrons. The summed E-state index contributed by atoms with van der Waals surface area (Å²) in [6.45, 7) is 6.68. The van der Waals surface area contributed by atoms with E-state index in [0.717, 1.165) is 10.9 Å². The number of aryl methyl sites for hydroxylation is 1. The quantitative estimate of drug-likeness (QED) is 0.276. The fraction of sp³-hybridized carbons (Fsp3) is 0.429. The van der Waals surface area contributed by atoms with Gasteiger partial charge in [-0.15, -0.1) is 0 Å². The van der Waals surface area contributed by atoms with Crippen molar-refractivity contribution in [2.45, 2.75) is 71.1 Å². The first-order valence-electron chi connectivity index (χ1n) is 16.1. The van der Waals surface area contributed by atoms with E-state index in [4.69, 9.17) is 4.42 Å². The average Bonchev–Trinajstić information content (AvgIpc) is 3.43. The maximum Gasteiger partial charge on any atom is 0.251 e. The number of nitrogens with zero attached hydrogens (tertiary/aromatic N) is 1. The van der Waals surface area contributed by atoms with Crippen LogP contribution < -0.4 is 26.6 Å². The predicted molar refractivity (Wildman–Crippen MR) is 179 cm³/mol. The highest BCUT2D eigenvalue weighted by Gasteiger charge is 2.32. The monoisotopic (exact) mass is 660 g/mol. The zero-order chi connectivity index (χ0) is 35.0. The first-order valence-corrected chi connectivity index (χ1v) is 16.1. The van der Waals surface area contributed by atoms with Crippen LogP contribution in [0.3, 0.4) is 0 Å². The van der Waals surface area contributed by atoms with Crippen LogP contribution in [0.4, 0.5) is 0 Å². The number of furan rings is 1. The summed E-state index contributed by atoms with van der Waals surface area (Å²) in [5.74, 6) is -2.87. The summed E-state index contributed by atoms with van der Waals surface area (Å²) >= 11 is 0. The van der Waals surface area contributed by atoms with Crippen LogP contribution in [0, 0.1) is 12.8 Å². The molecular weight excluding hydrogens is 616 g/mol. The van der Waals surface area contributed by atoms with Crippen LogP contribution in [0.2, 0.25) is 0 Å². The summed E-state index contributed by atoms with van der Waals surface area (Å²) in [7, 11) is 1.47. The number of carbonyl (C=O) groups is 6. The first kappa shape index (κ1) is 35.7. The number of fused-ring (bicyclic) bond motifs is 1. The van der Waals surface area contributed by atoms with Gasteiger partial charge in [-0.1, -0.05) is 44.2 Å². The molecule has 3 aromatic rings. The van der Waals surface area contributed by atoms with Crippen molar-refractivity contribution in [3.8, 4) is 0 Å². The molecule has 0 bridgehead atoms. The molecule has 1 saturated heterocycles. The number of likely N-dealkylation sites (N-methyl/N-ethyl adjacent to an activating group) is 1. The summed E-state index contributed by atoms with van der Waals surface area (Å²) in [5.41, 5.74) is 1.75. The van der Waals surface area contributed by atoms with Gasteiger partial charge in [0.1, 0.15) is 35.5 Å². The molecule has 6 amide bonds. The fourth-order valence-electron chi connectivity index (χ4n) is 5.48. The molecule has 1 fully saturated rings. The number of carbonyl (C=O) groups excluding carboxylic acids is 6. The highest BCUT2D eigenvalue weighted by Crippen LogP contribution is 2.20. The number of nitrogens with one attached hydrogen (secondary N) is 5. The normalized spacial score (nSPS) is 22.3. The number of amides is 6. The summed E-state index contributed by atoms with van der Waals surface area (Å²) in [6.07, 6.45) is 0.624. The van der Waals surface area contributed by atoms with Crippen LogP contribution in [-0.2, 0) is 30.4 Å². The molecule has 4 atom stereocenters. The molecule has 48 heavy (non-hydrogen) atoms. The molecule has 1 aliphatic rings. The summed E-state index contributed by atoms with van der Waals surface area (Å²) in [6, 6.07) is 11.7. The predicted octanol–water partition coefficient (Wildman–Crippen LogP) is 1.58. The second-order valence-corrected chi connectivity index (χ2v) is 12.5. The highest BCUT2D eigenvalue weighted by molar-refractivity contribution is 6.01. The van der Waals surface area contributed by atoms with Gasteiger partial charge < -0.3 is 35.9 Å². The smallest absolute Gasteiger partial charge is 0.251 e. The molecule has 1 aliphatic heterocycles. The Labute approximate surface area is 279 Å². The van der Waals surface area contributed by atoms with Gasteiger partial charge in [-0.05, 0) is 62.4 Å². The minimum Gasteiger partial charge on any atom is -0.461 e. The second-order valence-electron chi connectivity index (χ2n) is 12.5. The van der Waals surface area contributed by atoms with Crippen molar-refractivity contribution in [1.29, 1.82) is 0 Å². The van der Waals surface area contributed by atoms with Crippen LogP contribution in [0.1, 0.15) is 55.3 Å². The lowest BCUT2D eigenvalue weighted by Gasteiger charge is -2.28. The molecular formula is C35H44N6O7. The fourth-order valence-corrected chi connectivity index (χ4v) is 5.48. The number of hydrogen-bond donors (Lipinski definition) is 5. The lowest BCUT2D eigenvalue weighted by Crippen LogP contribution is -2.59. The van der Waals surface area contributed by atoms with Crippen LogP contribution in [0.25, 0.3) is 11.0 Å². The van der Waals surface area contributed by atoms with Crippen LogP contribution in [-0.4, -0.2) is 84.6 Å². The van der Waals surface area contributed by atoms with Crippen molar-refractivity contribution in [2.75, 3.05) is 20.1 Å². The van der Waals surface area contributed by atoms with E-state index >= 15 is 0 Å². The molecule has 0 saturated carbocycles. The van der Waals surface area contributed by atoms with Crippen LogP contribution in [0.15, 0.2) is 59.0 Å². The summed E-state index contributed by atoms with van der Waals surface area (Å²) in [4.78, 5) is 81.1. The van der Waals surface area contributed by atoms with Crippen molar-refractivity contribution in [3.05, 3.63) is 71.5 Å². The molecule has 1 aromatic heterocycles. The van der Waals surface area contributed by atoms with Gasteiger partial charge in [-0.3, -0.25) is 28.8 Å². The molecule has 4 rings (SSSR count). The summed E-state index contributed by atoms with van der Waals surface area (Å²) < 4.78 is 5.59. The van der Waals surface area contributed by atoms with Gasteiger partial charge in [0.15, 0.2) is 0 Å². The van der Waals surface area contributed by atoms with Gasteiger partial charge in [0.2, 0.25) is 29.5 Å². The Morgan fingerprint density at radius 3 is 2.40 bits per heavy atom. The van der Waals surface area contributed by atoms with E-state index in [9.17, 15) is 28.8 Å². The number of benzene rings is 2. The van der Waals surface area contributed by atoms with E-state index < -0.39 is 59.6 Å². The zero-order valence-corrected chi connectivity index (χ0v) is 27.9. The Morgan fingerprint density at radius 1 is 0.958 bits per heavy atom. The minimum atomic E-state index is -1.06. The van der Waals surface area contributed by atoms with Gasteiger partial charge in [-0.2, -0.15) is 0 Å². The van der Waals surface area contributed by atoms with E-state index in [0.29, 0.717) is 23.3 Å². The van der Waals surface area contributed by atoms with Crippen LogP contribution >= 0.6 is 0 Å². The lowest BCUT2D eigenvalue weighted by molar-refractivity contribution is -0.139. The third-order valence-electron chi connectivity index (χ3n) is 8.17. The van der Waals surface area contributed by atoms with Crippen molar-refractivity contribution in [1.82, 2.24) is 31.5 Å². The van der Waals surface area contributed by atoms with Gasteiger partial charge in [0, 0.05) is 31.0 Å². The highest BCUT2D eigenvalue weighted by atomic mass is 16.3. The molecule has 0 unspecified atom stereocenters. The zero-order valence-electron chi connectivity index (χ0n) is 27.9. The van der Waals surface area contributed by atoms with Gasteiger partial charge in [-0.25, -0.2) is 0 Å². The van der Waals surface area contributed by atoms with E-state index in [1.54, 1.807) is 45.0 Å². The molecule has 0 radical (unpaired) electrons. The Kier molecular flexibility index (Phi) is 11.9. The van der Waals surface area contributed by atoms with E-state index in [1.165, 1.54) is 18.9 Å². The Hall–Kier alpha value is -5.20. The maximum absolute atomic E-state index is 13.6. The SMILES string of the molecule is Cc1cc2cc(C(=O)N[C@H]3CCCNC(=O)CN(C)C(=O)[C@H](Cc4ccccc4)NC(=O)[C@@H](C)NC(=O)[C@@H](C(C)C)NC3=O)ccc2o1. The third kappa shape index (κ3) is 9.43. The first-order chi connectivity index (χ1) is 22.8. The largest absolute Gasteiger partial charge is 0.461 e. The van der Waals surface area contributed by atoms with Crippen molar-refractivity contribution < 1.29 is 33.2 Å². The molecule has 2 heterocycles. The Morgan fingerprint density at radius 2 is 1.69 bits per heavy atom. The Bertz CT molecular complexity index is 1650. The van der Waals surface area contributed by atoms with Crippen LogP contribution in [0.5, 0.6) is 0 Å². The topological polar surface area (TPSA) is 179 Å². The van der Waals surface area contributed by atoms with Crippen molar-refractivity contribution in [3.63, 3.8) is 0 Å². The number of rotatable bonds is 5. The minimum absolute atomic E-state index is 0.143. The standard InChI is InChI=1S/C35H44N6O7/c1-20(2)30-34(46)37-22(4)31(43)39-27(17-23-10-7-6-8-11-23)35(47)41(5)19-29(42)36-15-9-12-26(33(45)40-30)38-32(44)24-13-14-28-25(18-24)16-21(3)48-28/h6-8,10-11,13-14,16,18,20,22,26-27,30H,9,12,15,17,19H2,1-5H3,(H,36,42)(H,37,46)(H,38,44)(H,39,43)(H,40,45)/t22-,26+,27+,30-/m1/s1. The van der Waals surface area contributed by atoms with Gasteiger partial charge in [0.05, 0.1) is 6.54 Å². The van der Waals surface area contributed by atoms with E-state index in [2.05, 4.69) is 26.6 Å².